The lowest BCUT2D eigenvalue weighted by molar-refractivity contribution is 0.414. The van der Waals surface area contributed by atoms with E-state index in [1.165, 1.54) is 4.90 Å². The molecule has 0 saturated heterocycles. The third-order valence-electron chi connectivity index (χ3n) is 2.13. The van der Waals surface area contributed by atoms with Crippen LogP contribution >= 0.6 is 23.4 Å². The monoisotopic (exact) mass is 266 g/mol. The summed E-state index contributed by atoms with van der Waals surface area (Å²) in [5, 5.41) is 8.22. The van der Waals surface area contributed by atoms with Crippen LogP contribution in [0.3, 0.4) is 0 Å². The van der Waals surface area contributed by atoms with Gasteiger partial charge in [-0.1, -0.05) is 11.6 Å². The number of hydrogen-bond acceptors (Lipinski definition) is 4. The molecule has 0 saturated carbocycles. The lowest BCUT2D eigenvalue weighted by Gasteiger charge is -2.02. The van der Waals surface area contributed by atoms with Gasteiger partial charge >= 0.3 is 0 Å². The summed E-state index contributed by atoms with van der Waals surface area (Å²) in [6.07, 6.45) is 0. The van der Waals surface area contributed by atoms with Gasteiger partial charge in [-0.05, 0) is 36.4 Å². The SMILES string of the molecule is COc1ccc(SCc2ccc(Cl)nn2)cc1. The summed E-state index contributed by atoms with van der Waals surface area (Å²) in [5.74, 6) is 1.64. The molecule has 0 atom stereocenters. The van der Waals surface area contributed by atoms with Crippen LogP contribution in [0.5, 0.6) is 5.75 Å². The van der Waals surface area contributed by atoms with E-state index in [-0.39, 0.29) is 0 Å². The van der Waals surface area contributed by atoms with Gasteiger partial charge in [0.15, 0.2) is 5.15 Å². The smallest absolute Gasteiger partial charge is 0.151 e. The number of benzene rings is 1. The van der Waals surface area contributed by atoms with Crippen LogP contribution < -0.4 is 4.74 Å². The molecule has 0 bridgehead atoms. The standard InChI is InChI=1S/C12H11ClN2OS/c1-16-10-3-5-11(6-4-10)17-8-9-2-7-12(13)15-14-9/h2-7H,8H2,1H3. The second-order valence-corrected chi connectivity index (χ2v) is 4.75. The van der Waals surface area contributed by atoms with E-state index in [1.54, 1.807) is 24.9 Å². The largest absolute Gasteiger partial charge is 0.497 e. The molecule has 1 aromatic heterocycles. The van der Waals surface area contributed by atoms with Crippen LogP contribution in [-0.4, -0.2) is 17.3 Å². The summed E-state index contributed by atoms with van der Waals surface area (Å²) in [7, 11) is 1.66. The minimum atomic E-state index is 0.420. The summed E-state index contributed by atoms with van der Waals surface area (Å²) in [4.78, 5) is 1.17. The van der Waals surface area contributed by atoms with Crippen molar-refractivity contribution in [2.45, 2.75) is 10.6 Å². The van der Waals surface area contributed by atoms with Gasteiger partial charge in [-0.3, -0.25) is 0 Å². The maximum Gasteiger partial charge on any atom is 0.151 e. The molecule has 0 fully saturated rings. The molecule has 0 radical (unpaired) electrons. The molecule has 0 aliphatic heterocycles. The van der Waals surface area contributed by atoms with Crippen molar-refractivity contribution in [2.24, 2.45) is 0 Å². The zero-order valence-corrected chi connectivity index (χ0v) is 10.8. The Kier molecular flexibility index (Phi) is 4.23. The summed E-state index contributed by atoms with van der Waals surface area (Å²) >= 11 is 7.37. The van der Waals surface area contributed by atoms with Gasteiger partial charge in [0.1, 0.15) is 5.75 Å². The third kappa shape index (κ3) is 3.61. The van der Waals surface area contributed by atoms with Gasteiger partial charge in [-0.15, -0.1) is 16.9 Å². The Hall–Kier alpha value is -1.26. The van der Waals surface area contributed by atoms with Crippen molar-refractivity contribution < 1.29 is 4.74 Å². The minimum Gasteiger partial charge on any atom is -0.497 e. The van der Waals surface area contributed by atoms with Crippen LogP contribution in [0.1, 0.15) is 5.69 Å². The number of halogens is 1. The molecule has 0 spiro atoms. The van der Waals surface area contributed by atoms with E-state index < -0.39 is 0 Å². The molecule has 2 rings (SSSR count). The van der Waals surface area contributed by atoms with Crippen molar-refractivity contribution >= 4 is 23.4 Å². The Morgan fingerprint density at radius 2 is 1.88 bits per heavy atom. The highest BCUT2D eigenvalue weighted by Crippen LogP contribution is 2.24. The van der Waals surface area contributed by atoms with Crippen LogP contribution in [0, 0.1) is 0 Å². The van der Waals surface area contributed by atoms with E-state index in [0.717, 1.165) is 17.2 Å². The van der Waals surface area contributed by atoms with Crippen molar-refractivity contribution in [3.8, 4) is 5.75 Å². The number of thioether (sulfide) groups is 1. The molecule has 88 valence electrons. The average Bonchev–Trinajstić information content (AvgIpc) is 2.39. The second kappa shape index (κ2) is 5.89. The van der Waals surface area contributed by atoms with Crippen LogP contribution in [0.15, 0.2) is 41.3 Å². The van der Waals surface area contributed by atoms with Crippen molar-refractivity contribution in [3.05, 3.63) is 47.2 Å². The zero-order valence-electron chi connectivity index (χ0n) is 9.26. The Morgan fingerprint density at radius 1 is 1.12 bits per heavy atom. The molecule has 1 aromatic carbocycles. The molecule has 1 heterocycles. The molecular weight excluding hydrogens is 256 g/mol. The summed E-state index contributed by atoms with van der Waals surface area (Å²) in [6, 6.07) is 11.6. The minimum absolute atomic E-state index is 0.420. The summed E-state index contributed by atoms with van der Waals surface area (Å²) in [6.45, 7) is 0. The van der Waals surface area contributed by atoms with E-state index in [2.05, 4.69) is 10.2 Å². The Labute approximate surface area is 109 Å². The molecule has 5 heteroatoms. The van der Waals surface area contributed by atoms with Crippen LogP contribution in [0.2, 0.25) is 5.15 Å². The maximum absolute atomic E-state index is 5.67. The highest BCUT2D eigenvalue weighted by Gasteiger charge is 1.99. The first-order valence-electron chi connectivity index (χ1n) is 5.03. The molecule has 0 aliphatic rings. The first-order chi connectivity index (χ1) is 8.28. The summed E-state index contributed by atoms with van der Waals surface area (Å²) in [5.41, 5.74) is 0.912. The maximum atomic E-state index is 5.67. The Bertz CT molecular complexity index is 473. The van der Waals surface area contributed by atoms with Gasteiger partial charge in [0.25, 0.3) is 0 Å². The predicted octanol–water partition coefficient (Wildman–Crippen LogP) is 3.43. The van der Waals surface area contributed by atoms with E-state index in [0.29, 0.717) is 5.15 Å². The number of aromatic nitrogens is 2. The number of methoxy groups -OCH3 is 1. The quantitative estimate of drug-likeness (QED) is 0.794. The molecule has 0 N–H and O–H groups in total. The lowest BCUT2D eigenvalue weighted by atomic mass is 10.3. The van der Waals surface area contributed by atoms with Crippen molar-refractivity contribution in [2.75, 3.05) is 7.11 Å². The number of hydrogen-bond donors (Lipinski definition) is 0. The van der Waals surface area contributed by atoms with Gasteiger partial charge in [-0.2, -0.15) is 5.10 Å². The van der Waals surface area contributed by atoms with Crippen LogP contribution in [0.4, 0.5) is 0 Å². The van der Waals surface area contributed by atoms with Gasteiger partial charge in [-0.25, -0.2) is 0 Å². The van der Waals surface area contributed by atoms with E-state index in [9.17, 15) is 0 Å². The fourth-order valence-corrected chi connectivity index (χ4v) is 2.15. The number of ether oxygens (including phenoxy) is 1. The van der Waals surface area contributed by atoms with Crippen molar-refractivity contribution in [1.29, 1.82) is 0 Å². The van der Waals surface area contributed by atoms with E-state index in [1.807, 2.05) is 30.3 Å². The Morgan fingerprint density at radius 3 is 2.47 bits per heavy atom. The third-order valence-corrected chi connectivity index (χ3v) is 3.38. The molecule has 3 nitrogen and oxygen atoms in total. The van der Waals surface area contributed by atoms with Crippen LogP contribution in [0.25, 0.3) is 0 Å². The first-order valence-corrected chi connectivity index (χ1v) is 6.39. The van der Waals surface area contributed by atoms with Gasteiger partial charge in [0.05, 0.1) is 12.8 Å². The molecule has 17 heavy (non-hydrogen) atoms. The second-order valence-electron chi connectivity index (χ2n) is 3.31. The van der Waals surface area contributed by atoms with Crippen LogP contribution in [-0.2, 0) is 5.75 Å². The normalized spacial score (nSPS) is 10.2. The van der Waals surface area contributed by atoms with Crippen molar-refractivity contribution in [3.63, 3.8) is 0 Å². The number of nitrogens with zero attached hydrogens (tertiary/aromatic N) is 2. The van der Waals surface area contributed by atoms with Crippen molar-refractivity contribution in [1.82, 2.24) is 10.2 Å². The highest BCUT2D eigenvalue weighted by molar-refractivity contribution is 7.98. The molecule has 0 aliphatic carbocycles. The molecule has 0 amide bonds. The van der Waals surface area contributed by atoms with Gasteiger partial charge < -0.3 is 4.74 Å². The lowest BCUT2D eigenvalue weighted by Crippen LogP contribution is -1.89. The highest BCUT2D eigenvalue weighted by atomic mass is 35.5. The fourth-order valence-electron chi connectivity index (χ4n) is 1.25. The Balaban J connectivity index is 1.95. The molecule has 0 unspecified atom stereocenters. The topological polar surface area (TPSA) is 35.0 Å². The van der Waals surface area contributed by atoms with E-state index >= 15 is 0 Å². The first kappa shape index (κ1) is 12.2. The fraction of sp³-hybridized carbons (Fsp3) is 0.167. The van der Waals surface area contributed by atoms with Gasteiger partial charge in [0, 0.05) is 10.6 Å². The molecule has 2 aromatic rings. The number of rotatable bonds is 4. The van der Waals surface area contributed by atoms with Gasteiger partial charge in [0.2, 0.25) is 0 Å². The van der Waals surface area contributed by atoms with E-state index in [4.69, 9.17) is 16.3 Å². The predicted molar refractivity (Wildman–Crippen MR) is 69.6 cm³/mol. The molecular formula is C12H11ClN2OS. The summed E-state index contributed by atoms with van der Waals surface area (Å²) < 4.78 is 5.10. The average molecular weight is 267 g/mol. The zero-order chi connectivity index (χ0) is 12.1.